The van der Waals surface area contributed by atoms with E-state index in [0.29, 0.717) is 11.1 Å². The maximum absolute atomic E-state index is 12.8. The van der Waals surface area contributed by atoms with Crippen molar-refractivity contribution >= 4 is 38.2 Å². The van der Waals surface area contributed by atoms with Gasteiger partial charge in [0.25, 0.3) is 10.0 Å². The van der Waals surface area contributed by atoms with E-state index in [1.54, 1.807) is 24.3 Å². The molecule has 1 amide bonds. The van der Waals surface area contributed by atoms with Crippen LogP contribution in [0.5, 0.6) is 0 Å². The zero-order valence-corrected chi connectivity index (χ0v) is 13.2. The number of hydrogen-bond acceptors (Lipinski definition) is 5. The first kappa shape index (κ1) is 14.6. The van der Waals surface area contributed by atoms with Gasteiger partial charge in [-0.2, -0.15) is 0 Å². The average molecular weight is 340 g/mol. The van der Waals surface area contributed by atoms with Crippen LogP contribution < -0.4 is 9.62 Å². The molecule has 0 saturated heterocycles. The van der Waals surface area contributed by atoms with Crippen LogP contribution in [0.25, 0.3) is 10.8 Å². The van der Waals surface area contributed by atoms with Gasteiger partial charge in [0.1, 0.15) is 6.54 Å². The van der Waals surface area contributed by atoms with Gasteiger partial charge in [-0.1, -0.05) is 24.3 Å². The third-order valence-corrected chi connectivity index (χ3v) is 5.60. The highest BCUT2D eigenvalue weighted by Crippen LogP contribution is 2.41. The Morgan fingerprint density at radius 1 is 1.12 bits per heavy atom. The van der Waals surface area contributed by atoms with Crippen LogP contribution >= 0.6 is 0 Å². The molecule has 120 valence electrons. The topological polar surface area (TPSA) is 92.3 Å². The van der Waals surface area contributed by atoms with Crippen molar-refractivity contribution in [2.24, 2.45) is 0 Å². The van der Waals surface area contributed by atoms with E-state index in [4.69, 9.17) is 0 Å². The lowest BCUT2D eigenvalue weighted by molar-refractivity contribution is -0.114. The molecule has 0 saturated carbocycles. The minimum atomic E-state index is -3.75. The number of nitrogens with zero attached hydrogens (tertiary/aromatic N) is 3. The number of carbonyl (C=O) groups excluding carboxylic acids is 1. The molecule has 0 atom stereocenters. The Bertz CT molecular complexity index is 1050. The maximum atomic E-state index is 12.8. The summed E-state index contributed by atoms with van der Waals surface area (Å²) in [5.41, 5.74) is 0.511. The van der Waals surface area contributed by atoms with Crippen LogP contribution in [0.3, 0.4) is 0 Å². The molecular weight excluding hydrogens is 328 g/mol. The Hall–Kier alpha value is -3.00. The zero-order chi connectivity index (χ0) is 16.7. The summed E-state index contributed by atoms with van der Waals surface area (Å²) in [5, 5.41) is 4.02. The Morgan fingerprint density at radius 3 is 2.67 bits per heavy atom. The van der Waals surface area contributed by atoms with Crippen LogP contribution in [0, 0.1) is 0 Å². The lowest BCUT2D eigenvalue weighted by Crippen LogP contribution is -2.35. The van der Waals surface area contributed by atoms with Gasteiger partial charge in [-0.05, 0) is 17.5 Å². The molecule has 0 radical (unpaired) electrons. The SMILES string of the molecule is O=C(CN1c2cccc3cccc(c23)S1(=O)=O)Nc1cnccn1. The van der Waals surface area contributed by atoms with Crippen molar-refractivity contribution in [2.45, 2.75) is 4.90 Å². The smallest absolute Gasteiger partial charge is 0.265 e. The fourth-order valence-corrected chi connectivity index (χ4v) is 4.47. The molecular formula is C16H12N4O3S. The summed E-state index contributed by atoms with van der Waals surface area (Å²) in [6.45, 7) is -0.327. The van der Waals surface area contributed by atoms with Gasteiger partial charge < -0.3 is 5.32 Å². The van der Waals surface area contributed by atoms with Gasteiger partial charge in [-0.15, -0.1) is 0 Å². The molecule has 1 aromatic heterocycles. The third kappa shape index (κ3) is 2.19. The minimum Gasteiger partial charge on any atom is -0.308 e. The summed E-state index contributed by atoms with van der Waals surface area (Å²) in [5.74, 6) is -0.210. The Labute approximate surface area is 138 Å². The van der Waals surface area contributed by atoms with Gasteiger partial charge in [0.15, 0.2) is 5.82 Å². The Balaban J connectivity index is 1.70. The van der Waals surface area contributed by atoms with Gasteiger partial charge in [0.05, 0.1) is 16.8 Å². The fraction of sp³-hybridized carbons (Fsp3) is 0.0625. The molecule has 24 heavy (non-hydrogen) atoms. The molecule has 0 spiro atoms. The molecule has 2 aromatic carbocycles. The second kappa shape index (κ2) is 5.27. The van der Waals surface area contributed by atoms with Crippen molar-refractivity contribution in [3.63, 3.8) is 0 Å². The van der Waals surface area contributed by atoms with Crippen molar-refractivity contribution in [1.82, 2.24) is 9.97 Å². The summed E-state index contributed by atoms with van der Waals surface area (Å²) < 4.78 is 26.7. The van der Waals surface area contributed by atoms with Gasteiger partial charge in [-0.3, -0.25) is 14.1 Å². The highest BCUT2D eigenvalue weighted by Gasteiger charge is 2.36. The molecule has 0 bridgehead atoms. The standard InChI is InChI=1S/C16H12N4O3S/c21-15(19-14-9-17-7-8-18-14)10-20-12-5-1-3-11-4-2-6-13(16(11)12)24(20,22)23/h1-9H,10H2,(H,18,19,21). The molecule has 0 fully saturated rings. The van der Waals surface area contributed by atoms with E-state index in [1.165, 1.54) is 18.6 Å². The van der Waals surface area contributed by atoms with Crippen LogP contribution in [0.1, 0.15) is 0 Å². The van der Waals surface area contributed by atoms with Gasteiger partial charge in [0.2, 0.25) is 5.91 Å². The molecule has 1 N–H and O–H groups in total. The third-order valence-electron chi connectivity index (χ3n) is 3.80. The highest BCUT2D eigenvalue weighted by molar-refractivity contribution is 7.93. The van der Waals surface area contributed by atoms with Gasteiger partial charge >= 0.3 is 0 Å². The fourth-order valence-electron chi connectivity index (χ4n) is 2.80. The first-order valence-corrected chi connectivity index (χ1v) is 8.62. The summed E-state index contributed by atoms with van der Waals surface area (Å²) >= 11 is 0. The summed E-state index contributed by atoms with van der Waals surface area (Å²) in [6.07, 6.45) is 4.32. The number of rotatable bonds is 3. The van der Waals surface area contributed by atoms with Crippen LogP contribution in [0.2, 0.25) is 0 Å². The highest BCUT2D eigenvalue weighted by atomic mass is 32.2. The van der Waals surface area contributed by atoms with E-state index < -0.39 is 15.9 Å². The van der Waals surface area contributed by atoms with E-state index in [1.807, 2.05) is 12.1 Å². The predicted molar refractivity (Wildman–Crippen MR) is 89.1 cm³/mol. The van der Waals surface area contributed by atoms with Crippen molar-refractivity contribution in [2.75, 3.05) is 16.2 Å². The summed E-state index contributed by atoms with van der Waals surface area (Å²) in [6, 6.07) is 10.4. The number of benzene rings is 2. The van der Waals surface area contributed by atoms with Crippen LogP contribution in [-0.4, -0.2) is 30.8 Å². The number of hydrogen-bond donors (Lipinski definition) is 1. The largest absolute Gasteiger partial charge is 0.308 e. The summed E-state index contributed by atoms with van der Waals surface area (Å²) in [7, 11) is -3.75. The molecule has 4 rings (SSSR count). The number of aromatic nitrogens is 2. The first-order valence-electron chi connectivity index (χ1n) is 7.18. The molecule has 8 heteroatoms. The average Bonchev–Trinajstić information content (AvgIpc) is 2.79. The number of sulfonamides is 1. The lowest BCUT2D eigenvalue weighted by Gasteiger charge is -2.18. The molecule has 0 aliphatic carbocycles. The monoisotopic (exact) mass is 340 g/mol. The minimum absolute atomic E-state index is 0.225. The van der Waals surface area contributed by atoms with Crippen molar-refractivity contribution < 1.29 is 13.2 Å². The van der Waals surface area contributed by atoms with Crippen molar-refractivity contribution in [3.05, 3.63) is 55.0 Å². The summed E-state index contributed by atoms with van der Waals surface area (Å²) in [4.78, 5) is 20.3. The van der Waals surface area contributed by atoms with Crippen LogP contribution in [-0.2, 0) is 14.8 Å². The molecule has 2 heterocycles. The Kier molecular flexibility index (Phi) is 3.20. The van der Waals surface area contributed by atoms with E-state index in [2.05, 4.69) is 15.3 Å². The second-order valence-electron chi connectivity index (χ2n) is 5.28. The second-order valence-corrected chi connectivity index (χ2v) is 7.11. The number of amides is 1. The van der Waals surface area contributed by atoms with Crippen LogP contribution in [0.4, 0.5) is 11.5 Å². The lowest BCUT2D eigenvalue weighted by atomic mass is 10.1. The van der Waals surface area contributed by atoms with E-state index in [0.717, 1.165) is 9.69 Å². The number of nitrogens with one attached hydrogen (secondary N) is 1. The molecule has 1 aliphatic rings. The van der Waals surface area contributed by atoms with E-state index >= 15 is 0 Å². The van der Waals surface area contributed by atoms with Crippen molar-refractivity contribution in [3.8, 4) is 0 Å². The maximum Gasteiger partial charge on any atom is 0.265 e. The van der Waals surface area contributed by atoms with Gasteiger partial charge in [-0.25, -0.2) is 13.4 Å². The first-order chi connectivity index (χ1) is 11.6. The van der Waals surface area contributed by atoms with E-state index in [9.17, 15) is 13.2 Å². The zero-order valence-electron chi connectivity index (χ0n) is 12.4. The quantitative estimate of drug-likeness (QED) is 0.784. The number of anilines is 2. The molecule has 7 nitrogen and oxygen atoms in total. The van der Waals surface area contributed by atoms with E-state index in [-0.39, 0.29) is 17.3 Å². The number of carbonyl (C=O) groups is 1. The Morgan fingerprint density at radius 2 is 1.92 bits per heavy atom. The van der Waals surface area contributed by atoms with Crippen molar-refractivity contribution in [1.29, 1.82) is 0 Å². The molecule has 1 aliphatic heterocycles. The predicted octanol–water partition coefficient (Wildman–Crippen LogP) is 1.78. The van der Waals surface area contributed by atoms with Crippen LogP contribution in [0.15, 0.2) is 59.9 Å². The normalized spacial score (nSPS) is 14.8. The molecule has 3 aromatic rings. The van der Waals surface area contributed by atoms with Gasteiger partial charge in [0, 0.05) is 17.8 Å². The molecule has 0 unspecified atom stereocenters.